The molecule has 0 N–H and O–H groups in total. The highest BCUT2D eigenvalue weighted by atomic mass is 32.1. The predicted molar refractivity (Wildman–Crippen MR) is 66.6 cm³/mol. The van der Waals surface area contributed by atoms with Crippen LogP contribution in [0.1, 0.15) is 12.5 Å². The summed E-state index contributed by atoms with van der Waals surface area (Å²) in [4.78, 5) is 5.08. The lowest BCUT2D eigenvalue weighted by Crippen LogP contribution is -2.12. The van der Waals surface area contributed by atoms with Crippen LogP contribution in [0.2, 0.25) is 0 Å². The molecule has 15 heavy (non-hydrogen) atoms. The summed E-state index contributed by atoms with van der Waals surface area (Å²) in [6.45, 7) is 2.11. The molecule has 1 aliphatic carbocycles. The van der Waals surface area contributed by atoms with Crippen molar-refractivity contribution in [1.29, 1.82) is 0 Å². The number of aromatic nitrogens is 1. The van der Waals surface area contributed by atoms with Crippen LogP contribution in [0.25, 0.3) is 0 Å². The molecule has 2 heteroatoms. The van der Waals surface area contributed by atoms with Crippen LogP contribution in [0.3, 0.4) is 0 Å². The molecule has 1 radical (unpaired) electrons. The predicted octanol–water partition coefficient (Wildman–Crippen LogP) is 3.14. The Morgan fingerprint density at radius 3 is 3.07 bits per heavy atom. The van der Waals surface area contributed by atoms with Gasteiger partial charge in [0.2, 0.25) is 0 Å². The Morgan fingerprint density at radius 2 is 2.33 bits per heavy atom. The standard InChI is InChI=1S/C13H12NS/c1-10-4-2-6-12(13(10)15)8-11-5-3-7-14-9-11/h2-10H,1H3. The molecule has 75 valence electrons. The van der Waals surface area contributed by atoms with Crippen LogP contribution in [-0.4, -0.2) is 9.85 Å². The Kier molecular flexibility index (Phi) is 3.07. The summed E-state index contributed by atoms with van der Waals surface area (Å²) in [6, 6.07) is 3.96. The van der Waals surface area contributed by atoms with E-state index in [0.717, 1.165) is 16.0 Å². The minimum absolute atomic E-state index is 0.355. The highest BCUT2D eigenvalue weighted by molar-refractivity contribution is 7.81. The molecule has 0 saturated heterocycles. The van der Waals surface area contributed by atoms with Crippen LogP contribution in [0.15, 0.2) is 48.3 Å². The van der Waals surface area contributed by atoms with Gasteiger partial charge in [0.15, 0.2) is 0 Å². The molecule has 1 unspecified atom stereocenters. The molecule has 0 fully saturated rings. The average Bonchev–Trinajstić information content (AvgIpc) is 2.26. The number of hydrogen-bond donors (Lipinski definition) is 0. The minimum atomic E-state index is 0.355. The summed E-state index contributed by atoms with van der Waals surface area (Å²) in [5.41, 5.74) is 2.21. The van der Waals surface area contributed by atoms with Crippen molar-refractivity contribution in [3.63, 3.8) is 0 Å². The molecule has 2 rings (SSSR count). The van der Waals surface area contributed by atoms with E-state index in [1.165, 1.54) is 0 Å². The lowest BCUT2D eigenvalue weighted by Gasteiger charge is -2.15. The van der Waals surface area contributed by atoms with Crippen LogP contribution in [0.4, 0.5) is 0 Å². The average molecular weight is 214 g/mol. The summed E-state index contributed by atoms with van der Waals surface area (Å²) in [5.74, 6) is 0.355. The van der Waals surface area contributed by atoms with Gasteiger partial charge >= 0.3 is 0 Å². The summed E-state index contributed by atoms with van der Waals surface area (Å²) >= 11 is 5.38. The second kappa shape index (κ2) is 4.49. The van der Waals surface area contributed by atoms with Gasteiger partial charge in [-0.1, -0.05) is 43.4 Å². The molecule has 0 spiro atoms. The maximum Gasteiger partial charge on any atom is 0.0306 e. The van der Waals surface area contributed by atoms with Gasteiger partial charge < -0.3 is 0 Å². The number of pyridine rings is 1. The zero-order valence-corrected chi connectivity index (χ0v) is 9.37. The highest BCUT2D eigenvalue weighted by Crippen LogP contribution is 2.20. The molecule has 1 aliphatic rings. The van der Waals surface area contributed by atoms with Crippen LogP contribution < -0.4 is 0 Å². The van der Waals surface area contributed by atoms with Crippen molar-refractivity contribution in [2.24, 2.45) is 5.92 Å². The number of nitrogens with zero attached hydrogens (tertiary/aromatic N) is 1. The van der Waals surface area contributed by atoms with Gasteiger partial charge in [-0.15, -0.1) is 0 Å². The lowest BCUT2D eigenvalue weighted by molar-refractivity contribution is 1.01. The zero-order chi connectivity index (χ0) is 10.7. The third kappa shape index (κ3) is 2.39. The van der Waals surface area contributed by atoms with Gasteiger partial charge in [-0.2, -0.15) is 0 Å². The second-order valence-corrected chi connectivity index (χ2v) is 4.03. The summed E-state index contributed by atoms with van der Waals surface area (Å²) in [7, 11) is 0. The molecular formula is C13H12NS. The van der Waals surface area contributed by atoms with Gasteiger partial charge in [0, 0.05) is 29.6 Å². The summed E-state index contributed by atoms with van der Waals surface area (Å²) in [5, 5.41) is 0. The van der Waals surface area contributed by atoms with Gasteiger partial charge in [0.25, 0.3) is 0 Å². The quantitative estimate of drug-likeness (QED) is 0.701. The number of hydrogen-bond acceptors (Lipinski definition) is 2. The van der Waals surface area contributed by atoms with E-state index in [1.54, 1.807) is 6.20 Å². The molecule has 0 bridgehead atoms. The van der Waals surface area contributed by atoms with E-state index in [1.807, 2.05) is 18.3 Å². The van der Waals surface area contributed by atoms with E-state index in [0.29, 0.717) is 5.92 Å². The van der Waals surface area contributed by atoms with Gasteiger partial charge in [-0.3, -0.25) is 4.98 Å². The fourth-order valence-corrected chi connectivity index (χ4v) is 1.72. The molecule has 1 aromatic rings. The maximum atomic E-state index is 5.38. The summed E-state index contributed by atoms with van der Waals surface area (Å²) < 4.78 is 0. The van der Waals surface area contributed by atoms with Gasteiger partial charge in [-0.05, 0) is 17.2 Å². The van der Waals surface area contributed by atoms with E-state index in [-0.39, 0.29) is 0 Å². The second-order valence-electron chi connectivity index (χ2n) is 3.59. The van der Waals surface area contributed by atoms with Crippen molar-refractivity contribution in [1.82, 2.24) is 4.98 Å². The monoisotopic (exact) mass is 214 g/mol. The number of allylic oxidation sites excluding steroid dienone is 4. The maximum absolute atomic E-state index is 5.38. The van der Waals surface area contributed by atoms with E-state index in [2.05, 4.69) is 36.6 Å². The Balaban J connectivity index is 2.16. The van der Waals surface area contributed by atoms with E-state index in [9.17, 15) is 0 Å². The first kappa shape index (κ1) is 10.2. The number of rotatable bonds is 2. The highest BCUT2D eigenvalue weighted by Gasteiger charge is 2.14. The third-order valence-corrected chi connectivity index (χ3v) is 2.99. The summed E-state index contributed by atoms with van der Waals surface area (Å²) in [6.07, 6.45) is 11.9. The lowest BCUT2D eigenvalue weighted by atomic mass is 9.92. The number of thiocarbonyl (C=S) groups is 1. The van der Waals surface area contributed by atoms with Gasteiger partial charge in [-0.25, -0.2) is 0 Å². The topological polar surface area (TPSA) is 12.9 Å². The molecule has 1 nitrogen and oxygen atoms in total. The normalized spacial score (nSPS) is 20.2. The molecule has 0 aliphatic heterocycles. The van der Waals surface area contributed by atoms with E-state index in [4.69, 9.17) is 12.2 Å². The molecule has 0 saturated carbocycles. The van der Waals surface area contributed by atoms with Crippen molar-refractivity contribution in [2.45, 2.75) is 6.92 Å². The van der Waals surface area contributed by atoms with Crippen LogP contribution in [0.5, 0.6) is 0 Å². The van der Waals surface area contributed by atoms with E-state index >= 15 is 0 Å². The van der Waals surface area contributed by atoms with Crippen molar-refractivity contribution in [3.05, 3.63) is 60.3 Å². The molecule has 1 aromatic heterocycles. The van der Waals surface area contributed by atoms with Crippen molar-refractivity contribution in [3.8, 4) is 0 Å². The van der Waals surface area contributed by atoms with E-state index < -0.39 is 0 Å². The first-order valence-electron chi connectivity index (χ1n) is 4.95. The van der Waals surface area contributed by atoms with Gasteiger partial charge in [0.1, 0.15) is 0 Å². The van der Waals surface area contributed by atoms with Gasteiger partial charge in [0.05, 0.1) is 0 Å². The third-order valence-electron chi connectivity index (χ3n) is 2.38. The fourth-order valence-electron chi connectivity index (χ4n) is 1.52. The fraction of sp³-hybridized carbons (Fsp3) is 0.154. The first-order chi connectivity index (χ1) is 7.27. The molecule has 1 heterocycles. The SMILES string of the molecule is CC1C=CC=C([CH]c2cccnc2)C1=S. The minimum Gasteiger partial charge on any atom is -0.264 e. The van der Waals surface area contributed by atoms with Crippen molar-refractivity contribution >= 4 is 17.1 Å². The first-order valence-corrected chi connectivity index (χ1v) is 5.35. The molecule has 1 atom stereocenters. The zero-order valence-electron chi connectivity index (χ0n) is 8.55. The molecule has 0 amide bonds. The van der Waals surface area contributed by atoms with Crippen molar-refractivity contribution in [2.75, 3.05) is 0 Å². The van der Waals surface area contributed by atoms with Crippen LogP contribution in [-0.2, 0) is 0 Å². The van der Waals surface area contributed by atoms with Crippen LogP contribution >= 0.6 is 12.2 Å². The smallest absolute Gasteiger partial charge is 0.0306 e. The van der Waals surface area contributed by atoms with Crippen molar-refractivity contribution < 1.29 is 0 Å². The Morgan fingerprint density at radius 1 is 1.47 bits per heavy atom. The Hall–Kier alpha value is -1.28. The Labute approximate surface area is 95.5 Å². The Bertz CT molecular complexity index is 417. The largest absolute Gasteiger partial charge is 0.264 e. The molecule has 0 aromatic carbocycles. The van der Waals surface area contributed by atoms with Crippen LogP contribution in [0, 0.1) is 12.3 Å². The molecular weight excluding hydrogens is 202 g/mol.